The van der Waals surface area contributed by atoms with Crippen molar-refractivity contribution in [2.24, 2.45) is 0 Å². The average Bonchev–Trinajstić information content (AvgIpc) is 2.41. The average molecular weight is 398 g/mol. The fourth-order valence-corrected chi connectivity index (χ4v) is 3.71. The van der Waals surface area contributed by atoms with Gasteiger partial charge in [-0.15, -0.1) is 0 Å². The van der Waals surface area contributed by atoms with Crippen molar-refractivity contribution in [2.45, 2.75) is 71.8 Å². The van der Waals surface area contributed by atoms with Crippen LogP contribution < -0.4 is 4.74 Å². The summed E-state index contributed by atoms with van der Waals surface area (Å²) in [6.07, 6.45) is -3.53. The normalized spacial score (nSPS) is 14.9. The molecular formula is C16H25F7OS. The zero-order valence-electron chi connectivity index (χ0n) is 15.2. The van der Waals surface area contributed by atoms with Crippen LogP contribution in [0.4, 0.5) is 28.2 Å². The van der Waals surface area contributed by atoms with E-state index in [4.69, 9.17) is 0 Å². The topological polar surface area (TPSA) is 9.23 Å². The predicted molar refractivity (Wildman–Crippen MR) is 88.5 cm³/mol. The van der Waals surface area contributed by atoms with Gasteiger partial charge in [0.25, 0.3) is 0 Å². The van der Waals surface area contributed by atoms with Crippen LogP contribution in [0.5, 0.6) is 5.75 Å². The van der Waals surface area contributed by atoms with Gasteiger partial charge in [-0.3, -0.25) is 0 Å². The van der Waals surface area contributed by atoms with Gasteiger partial charge in [-0.25, -0.2) is 0 Å². The molecule has 0 bridgehead atoms. The highest BCUT2D eigenvalue weighted by Crippen LogP contribution is 3.02. The Kier molecular flexibility index (Phi) is 6.58. The maximum absolute atomic E-state index is 13.6. The quantitative estimate of drug-likeness (QED) is 0.437. The van der Waals surface area contributed by atoms with E-state index in [9.17, 15) is 28.2 Å². The summed E-state index contributed by atoms with van der Waals surface area (Å²) >= 11 is 0. The van der Waals surface area contributed by atoms with Gasteiger partial charge in [0, 0.05) is 0 Å². The summed E-state index contributed by atoms with van der Waals surface area (Å²) in [4.78, 5) is -2.04. The maximum atomic E-state index is 13.6. The van der Waals surface area contributed by atoms with Crippen molar-refractivity contribution in [1.82, 2.24) is 0 Å². The van der Waals surface area contributed by atoms with Gasteiger partial charge in [-0.2, -0.15) is 8.78 Å². The summed E-state index contributed by atoms with van der Waals surface area (Å²) < 4.78 is 97.3. The second-order valence-electron chi connectivity index (χ2n) is 5.58. The van der Waals surface area contributed by atoms with Gasteiger partial charge in [0.05, 0.1) is 6.42 Å². The van der Waals surface area contributed by atoms with Gasteiger partial charge in [0.2, 0.25) is 0 Å². The molecule has 1 rings (SSSR count). The number of ether oxygens (including phenoxy) is 1. The Morgan fingerprint density at radius 3 is 1.84 bits per heavy atom. The van der Waals surface area contributed by atoms with Gasteiger partial charge in [0.1, 0.15) is 10.6 Å². The Hall–Kier alpha value is -1.12. The lowest BCUT2D eigenvalue weighted by atomic mass is 10.1. The third-order valence-corrected chi connectivity index (χ3v) is 4.84. The molecule has 0 saturated carbocycles. The first-order valence-electron chi connectivity index (χ1n) is 7.90. The summed E-state index contributed by atoms with van der Waals surface area (Å²) in [6.45, 7) is 8.37. The second kappa shape index (κ2) is 6.89. The molecule has 1 nitrogen and oxygen atoms in total. The molecule has 0 fully saturated rings. The summed E-state index contributed by atoms with van der Waals surface area (Å²) in [7, 11) is -9.92. The molecule has 150 valence electrons. The van der Waals surface area contributed by atoms with Crippen molar-refractivity contribution in [1.29, 1.82) is 0 Å². The van der Waals surface area contributed by atoms with Crippen LogP contribution in [0.3, 0.4) is 0 Å². The van der Waals surface area contributed by atoms with Crippen LogP contribution in [0.2, 0.25) is 0 Å². The van der Waals surface area contributed by atoms with Gasteiger partial charge < -0.3 is 4.74 Å². The molecule has 0 aliphatic carbocycles. The van der Waals surface area contributed by atoms with Crippen LogP contribution in [0.1, 0.15) is 56.7 Å². The largest absolute Gasteiger partial charge is 0.432 e. The number of alkyl halides is 2. The molecule has 0 N–H and O–H groups in total. The number of aryl methyl sites for hydroxylation is 1. The first kappa shape index (κ1) is 23.9. The van der Waals surface area contributed by atoms with Gasteiger partial charge in [-0.1, -0.05) is 46.6 Å². The van der Waals surface area contributed by atoms with E-state index < -0.39 is 44.5 Å². The number of hydrogen-bond donors (Lipinski definition) is 0. The van der Waals surface area contributed by atoms with Crippen LogP contribution in [-0.4, -0.2) is 6.11 Å². The number of hydrogen-bond acceptors (Lipinski definition) is 1. The standard InChI is InChI=1S/C14H19F7OS.C2H6/c1-5-6-7-14(15,16)22-12-8-9(2)13(11(4)10(12)3)23(17,18,19,20)21;1-2/h8H,5-7H2,1-4H3;1-2H3. The molecule has 0 aliphatic heterocycles. The van der Waals surface area contributed by atoms with Crippen LogP contribution in [0.15, 0.2) is 11.0 Å². The second-order valence-corrected chi connectivity index (χ2v) is 7.93. The Bertz CT molecular complexity index is 609. The summed E-state index contributed by atoms with van der Waals surface area (Å²) in [5.41, 5.74) is -2.02. The lowest BCUT2D eigenvalue weighted by molar-refractivity contribution is -0.181. The van der Waals surface area contributed by atoms with Crippen LogP contribution in [0, 0.1) is 20.8 Å². The molecule has 0 spiro atoms. The molecular weight excluding hydrogens is 373 g/mol. The Labute approximate surface area is 144 Å². The Morgan fingerprint density at radius 1 is 0.960 bits per heavy atom. The fraction of sp³-hybridized carbons (Fsp3) is 0.625. The number of halogens is 7. The lowest BCUT2D eigenvalue weighted by Crippen LogP contribution is -2.25. The summed E-state index contributed by atoms with van der Waals surface area (Å²) in [6, 6.07) is 0.593. The zero-order chi connectivity index (χ0) is 20.3. The third kappa shape index (κ3) is 6.60. The van der Waals surface area contributed by atoms with E-state index in [-0.39, 0.29) is 12.0 Å². The van der Waals surface area contributed by atoms with E-state index >= 15 is 0 Å². The predicted octanol–water partition coefficient (Wildman–Crippen LogP) is 8.46. The molecule has 9 heteroatoms. The van der Waals surface area contributed by atoms with Crippen LogP contribution in [0.25, 0.3) is 0 Å². The minimum absolute atomic E-state index is 0.160. The van der Waals surface area contributed by atoms with E-state index in [1.807, 2.05) is 13.8 Å². The molecule has 0 aliphatic rings. The molecule has 0 aromatic heterocycles. The number of rotatable bonds is 6. The highest BCUT2D eigenvalue weighted by molar-refractivity contribution is 8.45. The number of benzene rings is 1. The van der Waals surface area contributed by atoms with E-state index in [1.165, 1.54) is 0 Å². The van der Waals surface area contributed by atoms with E-state index in [0.29, 0.717) is 12.5 Å². The third-order valence-electron chi connectivity index (χ3n) is 3.44. The summed E-state index contributed by atoms with van der Waals surface area (Å²) in [5.74, 6) is -0.522. The van der Waals surface area contributed by atoms with Gasteiger partial charge in [0.15, 0.2) is 0 Å². The highest BCUT2D eigenvalue weighted by Gasteiger charge is 2.67. The smallest absolute Gasteiger partial charge is 0.397 e. The minimum Gasteiger partial charge on any atom is -0.432 e. The van der Waals surface area contributed by atoms with E-state index in [0.717, 1.165) is 20.8 Å². The van der Waals surface area contributed by atoms with Crippen molar-refractivity contribution >= 4 is 10.2 Å². The molecule has 0 atom stereocenters. The molecule has 25 heavy (non-hydrogen) atoms. The highest BCUT2D eigenvalue weighted by atomic mass is 32.5. The SMILES string of the molecule is CC.CCCCC(F)(F)Oc1cc(C)c(S(F)(F)(F)(F)F)c(C)c1C. The fourth-order valence-electron chi connectivity index (χ4n) is 2.32. The van der Waals surface area contributed by atoms with E-state index in [1.54, 1.807) is 6.92 Å². The van der Waals surface area contributed by atoms with Crippen molar-refractivity contribution in [3.05, 3.63) is 22.8 Å². The van der Waals surface area contributed by atoms with Crippen molar-refractivity contribution in [3.8, 4) is 5.75 Å². The van der Waals surface area contributed by atoms with E-state index in [2.05, 4.69) is 4.74 Å². The monoisotopic (exact) mass is 398 g/mol. The molecule has 0 heterocycles. The molecule has 1 aromatic carbocycles. The Balaban J connectivity index is 0.00000277. The van der Waals surface area contributed by atoms with Gasteiger partial charge in [-0.05, 0) is 49.9 Å². The zero-order valence-corrected chi connectivity index (χ0v) is 16.0. The molecule has 0 radical (unpaired) electrons. The summed E-state index contributed by atoms with van der Waals surface area (Å²) in [5, 5.41) is 0. The molecule has 0 amide bonds. The van der Waals surface area contributed by atoms with Crippen molar-refractivity contribution in [2.75, 3.05) is 0 Å². The minimum atomic E-state index is -9.92. The molecule has 1 aromatic rings. The van der Waals surface area contributed by atoms with Gasteiger partial charge >= 0.3 is 16.3 Å². The van der Waals surface area contributed by atoms with Crippen molar-refractivity contribution < 1.29 is 32.9 Å². The number of unbranched alkanes of at least 4 members (excludes halogenated alkanes) is 1. The first-order chi connectivity index (χ1) is 11.0. The Morgan fingerprint density at radius 2 is 1.44 bits per heavy atom. The van der Waals surface area contributed by atoms with Crippen LogP contribution >= 0.6 is 10.2 Å². The maximum Gasteiger partial charge on any atom is 0.397 e. The van der Waals surface area contributed by atoms with Crippen LogP contribution in [-0.2, 0) is 0 Å². The van der Waals surface area contributed by atoms with Crippen molar-refractivity contribution in [3.63, 3.8) is 0 Å². The molecule has 0 unspecified atom stereocenters. The molecule has 0 saturated heterocycles. The first-order valence-corrected chi connectivity index (χ1v) is 9.85. The lowest BCUT2D eigenvalue weighted by Gasteiger charge is -2.43.